The molecule has 0 aliphatic heterocycles. The summed E-state index contributed by atoms with van der Waals surface area (Å²) in [7, 11) is 0. The van der Waals surface area contributed by atoms with E-state index in [9.17, 15) is 4.79 Å². The molecule has 3 heterocycles. The average Bonchev–Trinajstić information content (AvgIpc) is 3.08. The summed E-state index contributed by atoms with van der Waals surface area (Å²) in [5, 5.41) is 3.85. The standard InChI is InChI=1S/C19H14N4OS/c1-12-4-5-14(18-23-15-3-2-8-21-19(15)25-18)11-16(12)22-17(24)13-6-9-20-10-7-13/h2-11H,1H3,(H,22,24). The van der Waals surface area contributed by atoms with Gasteiger partial charge in [-0.1, -0.05) is 23.5 Å². The van der Waals surface area contributed by atoms with Crippen molar-refractivity contribution in [1.82, 2.24) is 15.0 Å². The van der Waals surface area contributed by atoms with Crippen LogP contribution in [0.2, 0.25) is 0 Å². The third-order valence-corrected chi connectivity index (χ3v) is 4.87. The Morgan fingerprint density at radius 1 is 1.08 bits per heavy atom. The van der Waals surface area contributed by atoms with Crippen LogP contribution in [0.25, 0.3) is 20.9 Å². The highest BCUT2D eigenvalue weighted by molar-refractivity contribution is 7.21. The van der Waals surface area contributed by atoms with Crippen molar-refractivity contribution < 1.29 is 4.79 Å². The van der Waals surface area contributed by atoms with E-state index in [1.807, 2.05) is 37.3 Å². The minimum absolute atomic E-state index is 0.159. The van der Waals surface area contributed by atoms with Gasteiger partial charge >= 0.3 is 0 Å². The summed E-state index contributed by atoms with van der Waals surface area (Å²) in [6, 6.07) is 13.1. The maximum absolute atomic E-state index is 12.4. The molecule has 3 aromatic heterocycles. The van der Waals surface area contributed by atoms with Crippen molar-refractivity contribution in [1.29, 1.82) is 0 Å². The number of nitrogens with zero attached hydrogens (tertiary/aromatic N) is 3. The van der Waals surface area contributed by atoms with E-state index in [4.69, 9.17) is 0 Å². The van der Waals surface area contributed by atoms with Crippen LogP contribution in [0.5, 0.6) is 0 Å². The molecule has 0 radical (unpaired) electrons. The molecule has 0 saturated heterocycles. The molecule has 4 aromatic rings. The van der Waals surface area contributed by atoms with Gasteiger partial charge in [-0.05, 0) is 42.8 Å². The average molecular weight is 346 g/mol. The largest absolute Gasteiger partial charge is 0.322 e. The Kier molecular flexibility index (Phi) is 3.95. The molecule has 0 unspecified atom stereocenters. The van der Waals surface area contributed by atoms with Gasteiger partial charge in [0.1, 0.15) is 15.4 Å². The van der Waals surface area contributed by atoms with Crippen LogP contribution < -0.4 is 5.32 Å². The second kappa shape index (κ2) is 6.41. The smallest absolute Gasteiger partial charge is 0.255 e. The minimum Gasteiger partial charge on any atom is -0.322 e. The number of aryl methyl sites for hydroxylation is 1. The van der Waals surface area contributed by atoms with Crippen LogP contribution in [-0.2, 0) is 0 Å². The molecule has 5 nitrogen and oxygen atoms in total. The normalized spacial score (nSPS) is 10.8. The van der Waals surface area contributed by atoms with Crippen LogP contribution in [0.1, 0.15) is 15.9 Å². The number of carbonyl (C=O) groups excluding carboxylic acids is 1. The molecule has 0 bridgehead atoms. The molecule has 1 aromatic carbocycles. The zero-order valence-corrected chi connectivity index (χ0v) is 14.2. The van der Waals surface area contributed by atoms with E-state index in [2.05, 4.69) is 20.3 Å². The number of hydrogen-bond donors (Lipinski definition) is 1. The highest BCUT2D eigenvalue weighted by Gasteiger charge is 2.11. The fraction of sp³-hybridized carbons (Fsp3) is 0.0526. The zero-order valence-electron chi connectivity index (χ0n) is 13.4. The van der Waals surface area contributed by atoms with Gasteiger partial charge in [0.05, 0.1) is 0 Å². The van der Waals surface area contributed by atoms with E-state index >= 15 is 0 Å². The quantitative estimate of drug-likeness (QED) is 0.600. The number of nitrogens with one attached hydrogen (secondary N) is 1. The fourth-order valence-corrected chi connectivity index (χ4v) is 3.38. The van der Waals surface area contributed by atoms with E-state index in [-0.39, 0.29) is 5.91 Å². The Morgan fingerprint density at radius 2 is 1.92 bits per heavy atom. The van der Waals surface area contributed by atoms with Gasteiger partial charge in [0.2, 0.25) is 0 Å². The van der Waals surface area contributed by atoms with E-state index in [0.29, 0.717) is 5.56 Å². The molecule has 0 fully saturated rings. The lowest BCUT2D eigenvalue weighted by Gasteiger charge is -2.10. The molecular formula is C19H14N4OS. The van der Waals surface area contributed by atoms with Crippen molar-refractivity contribution >= 4 is 33.3 Å². The van der Waals surface area contributed by atoms with Gasteiger partial charge in [0.25, 0.3) is 5.91 Å². The van der Waals surface area contributed by atoms with Crippen molar-refractivity contribution in [2.75, 3.05) is 5.32 Å². The van der Waals surface area contributed by atoms with Crippen LogP contribution in [0.3, 0.4) is 0 Å². The van der Waals surface area contributed by atoms with Crippen molar-refractivity contribution in [3.05, 3.63) is 72.2 Å². The number of aromatic nitrogens is 3. The topological polar surface area (TPSA) is 67.8 Å². The molecule has 1 N–H and O–H groups in total. The number of pyridine rings is 2. The van der Waals surface area contributed by atoms with Gasteiger partial charge in [-0.15, -0.1) is 0 Å². The number of amides is 1. The number of fused-ring (bicyclic) bond motifs is 1. The maximum Gasteiger partial charge on any atom is 0.255 e. The molecule has 0 saturated carbocycles. The van der Waals surface area contributed by atoms with Crippen LogP contribution in [0, 0.1) is 6.92 Å². The second-order valence-corrected chi connectivity index (χ2v) is 6.54. The lowest BCUT2D eigenvalue weighted by atomic mass is 10.1. The van der Waals surface area contributed by atoms with E-state index < -0.39 is 0 Å². The van der Waals surface area contributed by atoms with E-state index in [0.717, 1.165) is 32.2 Å². The number of carbonyl (C=O) groups is 1. The molecule has 0 spiro atoms. The Labute approximate surface area is 148 Å². The Morgan fingerprint density at radius 3 is 2.72 bits per heavy atom. The van der Waals surface area contributed by atoms with Gasteiger partial charge in [-0.2, -0.15) is 0 Å². The Balaban J connectivity index is 1.67. The molecule has 0 aliphatic carbocycles. The molecule has 1 amide bonds. The first kappa shape index (κ1) is 15.4. The summed E-state index contributed by atoms with van der Waals surface area (Å²) in [6.45, 7) is 1.96. The Bertz CT molecular complexity index is 1030. The van der Waals surface area contributed by atoms with Gasteiger partial charge in [0, 0.05) is 35.4 Å². The number of anilines is 1. The van der Waals surface area contributed by atoms with Crippen molar-refractivity contribution in [2.24, 2.45) is 0 Å². The third kappa shape index (κ3) is 3.12. The van der Waals surface area contributed by atoms with Gasteiger partial charge < -0.3 is 5.32 Å². The highest BCUT2D eigenvalue weighted by Crippen LogP contribution is 2.31. The van der Waals surface area contributed by atoms with Crippen LogP contribution in [0.15, 0.2) is 61.1 Å². The van der Waals surface area contributed by atoms with Gasteiger partial charge in [-0.3, -0.25) is 9.78 Å². The number of thiazole rings is 1. The summed E-state index contributed by atoms with van der Waals surface area (Å²) in [5.41, 5.74) is 4.17. The molecule has 122 valence electrons. The third-order valence-electron chi connectivity index (χ3n) is 3.84. The second-order valence-electron chi connectivity index (χ2n) is 5.57. The number of rotatable bonds is 3. The van der Waals surface area contributed by atoms with E-state index in [1.54, 1.807) is 30.7 Å². The molecular weight excluding hydrogens is 332 g/mol. The lowest BCUT2D eigenvalue weighted by molar-refractivity contribution is 0.102. The van der Waals surface area contributed by atoms with Crippen molar-refractivity contribution in [3.8, 4) is 10.6 Å². The number of benzene rings is 1. The predicted molar refractivity (Wildman–Crippen MR) is 99.8 cm³/mol. The molecule has 4 rings (SSSR count). The van der Waals surface area contributed by atoms with Crippen LogP contribution in [-0.4, -0.2) is 20.9 Å². The highest BCUT2D eigenvalue weighted by atomic mass is 32.1. The summed E-state index contributed by atoms with van der Waals surface area (Å²) < 4.78 is 0. The monoisotopic (exact) mass is 346 g/mol. The summed E-state index contributed by atoms with van der Waals surface area (Å²) >= 11 is 1.54. The summed E-state index contributed by atoms with van der Waals surface area (Å²) in [6.07, 6.45) is 4.97. The van der Waals surface area contributed by atoms with E-state index in [1.165, 1.54) is 11.3 Å². The molecule has 6 heteroatoms. The Hall–Kier alpha value is -3.12. The molecule has 25 heavy (non-hydrogen) atoms. The first-order valence-corrected chi connectivity index (χ1v) is 8.56. The first-order chi connectivity index (χ1) is 12.2. The summed E-state index contributed by atoms with van der Waals surface area (Å²) in [4.78, 5) is 26.2. The SMILES string of the molecule is Cc1ccc(-c2nc3cccnc3s2)cc1NC(=O)c1ccncc1. The van der Waals surface area contributed by atoms with Crippen molar-refractivity contribution in [2.45, 2.75) is 6.92 Å². The van der Waals surface area contributed by atoms with Crippen molar-refractivity contribution in [3.63, 3.8) is 0 Å². The fourth-order valence-electron chi connectivity index (χ4n) is 2.48. The zero-order chi connectivity index (χ0) is 17.2. The predicted octanol–water partition coefficient (Wildman–Crippen LogP) is 4.31. The maximum atomic E-state index is 12.4. The summed E-state index contributed by atoms with van der Waals surface area (Å²) in [5.74, 6) is -0.159. The number of hydrogen-bond acceptors (Lipinski definition) is 5. The van der Waals surface area contributed by atoms with Crippen LogP contribution in [0.4, 0.5) is 5.69 Å². The first-order valence-electron chi connectivity index (χ1n) is 7.75. The van der Waals surface area contributed by atoms with Crippen LogP contribution >= 0.6 is 11.3 Å². The van der Waals surface area contributed by atoms with Gasteiger partial charge in [0.15, 0.2) is 0 Å². The van der Waals surface area contributed by atoms with Gasteiger partial charge in [-0.25, -0.2) is 9.97 Å². The molecule has 0 aliphatic rings. The minimum atomic E-state index is -0.159. The lowest BCUT2D eigenvalue weighted by Crippen LogP contribution is -2.12. The molecule has 0 atom stereocenters.